The summed E-state index contributed by atoms with van der Waals surface area (Å²) in [5.41, 5.74) is 4.26. The fourth-order valence-corrected chi connectivity index (χ4v) is 4.40. The zero-order chi connectivity index (χ0) is 17.6. The van der Waals surface area contributed by atoms with Crippen LogP contribution in [0.5, 0.6) is 5.75 Å². The second-order valence-electron chi connectivity index (χ2n) is 6.60. The summed E-state index contributed by atoms with van der Waals surface area (Å²) in [4.78, 5) is 11.1. The molecule has 1 amide bonds. The molecule has 1 aliphatic carbocycles. The van der Waals surface area contributed by atoms with E-state index in [0.29, 0.717) is 11.8 Å². The van der Waals surface area contributed by atoms with Gasteiger partial charge >= 0.3 is 0 Å². The first-order chi connectivity index (χ1) is 12.2. The third-order valence-electron chi connectivity index (χ3n) is 4.88. The number of fused-ring (bicyclic) bond motifs is 1. The summed E-state index contributed by atoms with van der Waals surface area (Å²) in [5, 5.41) is 0. The Morgan fingerprint density at radius 1 is 1.24 bits per heavy atom. The van der Waals surface area contributed by atoms with E-state index in [-0.39, 0.29) is 5.91 Å². The highest BCUT2D eigenvalue weighted by molar-refractivity contribution is 7.97. The standard InChI is InChI=1S/C21H25NO2S/c1-15(23)22-25-11-10-18-13-19(16-6-4-3-5-7-16)12-17-8-9-20(24-2)14-21(17)18/h3-9,14,18-19H,10-13H2,1-2H3,(H,22,23). The molecule has 2 atom stereocenters. The molecular formula is C21H25NO2S. The number of ether oxygens (including phenoxy) is 1. The van der Waals surface area contributed by atoms with Gasteiger partial charge < -0.3 is 9.46 Å². The lowest BCUT2D eigenvalue weighted by molar-refractivity contribution is -0.117. The van der Waals surface area contributed by atoms with Crippen molar-refractivity contribution in [1.82, 2.24) is 4.72 Å². The van der Waals surface area contributed by atoms with E-state index >= 15 is 0 Å². The minimum absolute atomic E-state index is 0.0119. The van der Waals surface area contributed by atoms with Crippen LogP contribution in [0.4, 0.5) is 0 Å². The third-order valence-corrected chi connectivity index (χ3v) is 5.76. The number of hydrogen-bond donors (Lipinski definition) is 1. The second-order valence-corrected chi connectivity index (χ2v) is 7.51. The van der Waals surface area contributed by atoms with Gasteiger partial charge in [-0.05, 0) is 59.9 Å². The van der Waals surface area contributed by atoms with E-state index in [1.165, 1.54) is 28.6 Å². The number of amides is 1. The molecule has 2 aromatic carbocycles. The fourth-order valence-electron chi connectivity index (χ4n) is 3.69. The van der Waals surface area contributed by atoms with Gasteiger partial charge in [0, 0.05) is 12.7 Å². The molecule has 1 aliphatic rings. The van der Waals surface area contributed by atoms with Crippen molar-refractivity contribution in [2.45, 2.75) is 38.0 Å². The van der Waals surface area contributed by atoms with E-state index in [1.807, 2.05) is 0 Å². The largest absolute Gasteiger partial charge is 0.497 e. The number of carbonyl (C=O) groups is 1. The Hall–Kier alpha value is -1.94. The van der Waals surface area contributed by atoms with Crippen molar-refractivity contribution in [2.24, 2.45) is 0 Å². The van der Waals surface area contributed by atoms with E-state index in [0.717, 1.165) is 30.8 Å². The summed E-state index contributed by atoms with van der Waals surface area (Å²) in [6, 6.07) is 17.3. The highest BCUT2D eigenvalue weighted by Gasteiger charge is 2.28. The Balaban J connectivity index is 1.79. The number of benzene rings is 2. The van der Waals surface area contributed by atoms with Gasteiger partial charge in [0.15, 0.2) is 0 Å². The Kier molecular flexibility index (Phi) is 6.03. The van der Waals surface area contributed by atoms with Crippen LogP contribution in [-0.4, -0.2) is 18.8 Å². The smallest absolute Gasteiger partial charge is 0.226 e. The highest BCUT2D eigenvalue weighted by atomic mass is 32.2. The summed E-state index contributed by atoms with van der Waals surface area (Å²) in [6.45, 7) is 1.55. The number of hydrogen-bond acceptors (Lipinski definition) is 3. The molecule has 0 saturated heterocycles. The molecule has 0 heterocycles. The molecule has 2 aromatic rings. The molecule has 0 spiro atoms. The lowest BCUT2D eigenvalue weighted by Gasteiger charge is -2.32. The number of rotatable bonds is 6. The van der Waals surface area contributed by atoms with Gasteiger partial charge in [0.1, 0.15) is 5.75 Å². The summed E-state index contributed by atoms with van der Waals surface area (Å²) >= 11 is 1.51. The van der Waals surface area contributed by atoms with Crippen molar-refractivity contribution in [3.63, 3.8) is 0 Å². The van der Waals surface area contributed by atoms with Gasteiger partial charge in [-0.15, -0.1) is 0 Å². The molecule has 3 rings (SSSR count). The van der Waals surface area contributed by atoms with E-state index < -0.39 is 0 Å². The molecule has 0 saturated carbocycles. The molecule has 0 fully saturated rings. The Morgan fingerprint density at radius 3 is 2.76 bits per heavy atom. The van der Waals surface area contributed by atoms with Gasteiger partial charge in [-0.3, -0.25) is 4.79 Å². The van der Waals surface area contributed by atoms with Crippen LogP contribution in [0.15, 0.2) is 48.5 Å². The zero-order valence-corrected chi connectivity index (χ0v) is 15.6. The van der Waals surface area contributed by atoms with Crippen LogP contribution in [0.1, 0.15) is 48.3 Å². The third kappa shape index (κ3) is 4.57. The van der Waals surface area contributed by atoms with Crippen molar-refractivity contribution < 1.29 is 9.53 Å². The van der Waals surface area contributed by atoms with Gasteiger partial charge in [-0.2, -0.15) is 0 Å². The van der Waals surface area contributed by atoms with E-state index in [9.17, 15) is 4.79 Å². The molecule has 0 aliphatic heterocycles. The molecule has 132 valence electrons. The first-order valence-electron chi connectivity index (χ1n) is 8.77. The lowest BCUT2D eigenvalue weighted by Crippen LogP contribution is -2.19. The molecule has 0 bridgehead atoms. The molecule has 4 heteroatoms. The summed E-state index contributed by atoms with van der Waals surface area (Å²) in [6.07, 6.45) is 3.28. The summed E-state index contributed by atoms with van der Waals surface area (Å²) < 4.78 is 8.26. The average Bonchev–Trinajstić information content (AvgIpc) is 2.65. The Morgan fingerprint density at radius 2 is 2.04 bits per heavy atom. The zero-order valence-electron chi connectivity index (χ0n) is 14.8. The monoisotopic (exact) mass is 355 g/mol. The minimum Gasteiger partial charge on any atom is -0.497 e. The van der Waals surface area contributed by atoms with E-state index in [2.05, 4.69) is 53.3 Å². The van der Waals surface area contributed by atoms with Gasteiger partial charge in [-0.25, -0.2) is 0 Å². The molecule has 2 unspecified atom stereocenters. The van der Waals surface area contributed by atoms with Crippen LogP contribution >= 0.6 is 11.9 Å². The van der Waals surface area contributed by atoms with Crippen molar-refractivity contribution in [3.8, 4) is 5.75 Å². The first kappa shape index (κ1) is 17.9. The van der Waals surface area contributed by atoms with Crippen molar-refractivity contribution >= 4 is 17.9 Å². The number of carbonyl (C=O) groups excluding carboxylic acids is 1. The number of nitrogens with one attached hydrogen (secondary N) is 1. The quantitative estimate of drug-likeness (QED) is 0.604. The van der Waals surface area contributed by atoms with Gasteiger partial charge in [0.05, 0.1) is 7.11 Å². The van der Waals surface area contributed by atoms with Crippen LogP contribution in [-0.2, 0) is 11.2 Å². The van der Waals surface area contributed by atoms with E-state index in [4.69, 9.17) is 4.74 Å². The maximum absolute atomic E-state index is 11.1. The van der Waals surface area contributed by atoms with Gasteiger partial charge in [0.2, 0.25) is 5.91 Å². The summed E-state index contributed by atoms with van der Waals surface area (Å²) in [7, 11) is 1.72. The maximum atomic E-state index is 11.1. The van der Waals surface area contributed by atoms with Crippen LogP contribution in [0.25, 0.3) is 0 Å². The minimum atomic E-state index is 0.0119. The summed E-state index contributed by atoms with van der Waals surface area (Å²) in [5.74, 6) is 2.90. The van der Waals surface area contributed by atoms with Crippen LogP contribution < -0.4 is 9.46 Å². The predicted molar refractivity (Wildman–Crippen MR) is 104 cm³/mol. The average molecular weight is 356 g/mol. The second kappa shape index (κ2) is 8.43. The topological polar surface area (TPSA) is 38.3 Å². The predicted octanol–water partition coefficient (Wildman–Crippen LogP) is 4.68. The fraction of sp³-hybridized carbons (Fsp3) is 0.381. The van der Waals surface area contributed by atoms with Crippen molar-refractivity contribution in [2.75, 3.05) is 12.9 Å². The molecule has 25 heavy (non-hydrogen) atoms. The molecular weight excluding hydrogens is 330 g/mol. The first-order valence-corrected chi connectivity index (χ1v) is 9.76. The van der Waals surface area contributed by atoms with Crippen LogP contribution in [0, 0.1) is 0 Å². The highest BCUT2D eigenvalue weighted by Crippen LogP contribution is 2.43. The Labute approximate surface area is 154 Å². The van der Waals surface area contributed by atoms with Gasteiger partial charge in [0.25, 0.3) is 0 Å². The van der Waals surface area contributed by atoms with Crippen LogP contribution in [0.2, 0.25) is 0 Å². The number of methoxy groups -OCH3 is 1. The molecule has 0 aromatic heterocycles. The van der Waals surface area contributed by atoms with Crippen LogP contribution in [0.3, 0.4) is 0 Å². The normalized spacial score (nSPS) is 19.1. The SMILES string of the molecule is COc1ccc2c(c1)C(CCSNC(C)=O)CC(c1ccccc1)C2. The Bertz CT molecular complexity index is 717. The molecule has 1 N–H and O–H groups in total. The molecule has 3 nitrogen and oxygen atoms in total. The van der Waals surface area contributed by atoms with E-state index in [1.54, 1.807) is 14.0 Å². The van der Waals surface area contributed by atoms with Crippen molar-refractivity contribution in [3.05, 3.63) is 65.2 Å². The maximum Gasteiger partial charge on any atom is 0.226 e. The lowest BCUT2D eigenvalue weighted by atomic mass is 9.73. The van der Waals surface area contributed by atoms with Crippen molar-refractivity contribution in [1.29, 1.82) is 0 Å². The van der Waals surface area contributed by atoms with Gasteiger partial charge in [-0.1, -0.05) is 48.3 Å². The molecule has 0 radical (unpaired) electrons.